The first kappa shape index (κ1) is 11.6. The minimum absolute atomic E-state index is 0.0384. The second kappa shape index (κ2) is 5.45. The molecule has 6 nitrogen and oxygen atoms in total. The molecule has 6 heteroatoms. The summed E-state index contributed by atoms with van der Waals surface area (Å²) in [6.45, 7) is 2.51. The van der Waals surface area contributed by atoms with E-state index in [1.807, 2.05) is 0 Å². The van der Waals surface area contributed by atoms with E-state index in [2.05, 4.69) is 4.98 Å². The summed E-state index contributed by atoms with van der Waals surface area (Å²) in [5.41, 5.74) is 0. The molecule has 0 spiro atoms. The summed E-state index contributed by atoms with van der Waals surface area (Å²) in [5, 5.41) is 19.2. The number of imidazole rings is 1. The quantitative estimate of drug-likeness (QED) is 0.438. The number of rotatable bonds is 6. The molecule has 0 fully saturated rings. The van der Waals surface area contributed by atoms with Crippen LogP contribution < -0.4 is 0 Å². The van der Waals surface area contributed by atoms with E-state index in [4.69, 9.17) is 5.11 Å². The largest absolute Gasteiger partial charge is 0.396 e. The molecule has 0 radical (unpaired) electrons. The van der Waals surface area contributed by atoms with Crippen molar-refractivity contribution in [1.29, 1.82) is 0 Å². The van der Waals surface area contributed by atoms with Gasteiger partial charge in [-0.1, -0.05) is 0 Å². The lowest BCUT2D eigenvalue weighted by Gasteiger charge is -2.02. The van der Waals surface area contributed by atoms with Crippen molar-refractivity contribution in [3.05, 3.63) is 22.1 Å². The molecular weight excluding hydrogens is 198 g/mol. The number of aromatic nitrogens is 2. The molecule has 0 saturated heterocycles. The van der Waals surface area contributed by atoms with Crippen LogP contribution in [0.3, 0.4) is 0 Å². The molecule has 1 N–H and O–H groups in total. The molecule has 0 aromatic carbocycles. The van der Waals surface area contributed by atoms with Crippen LogP contribution >= 0.6 is 0 Å². The van der Waals surface area contributed by atoms with Gasteiger partial charge in [0.2, 0.25) is 0 Å². The van der Waals surface area contributed by atoms with Gasteiger partial charge in [-0.3, -0.25) is 0 Å². The molecule has 15 heavy (non-hydrogen) atoms. The summed E-state index contributed by atoms with van der Waals surface area (Å²) in [7, 11) is 0. The van der Waals surface area contributed by atoms with Gasteiger partial charge in [0.25, 0.3) is 0 Å². The molecule has 0 aliphatic rings. The van der Waals surface area contributed by atoms with E-state index in [1.54, 1.807) is 11.5 Å². The van der Waals surface area contributed by atoms with Gasteiger partial charge in [0, 0.05) is 13.5 Å². The minimum Gasteiger partial charge on any atom is -0.396 e. The number of aliphatic hydroxyl groups is 1. The van der Waals surface area contributed by atoms with Crippen LogP contribution in [0.4, 0.5) is 5.82 Å². The van der Waals surface area contributed by atoms with Crippen LogP contribution in [0.1, 0.15) is 25.1 Å². The number of hydrogen-bond donors (Lipinski definition) is 1. The lowest BCUT2D eigenvalue weighted by atomic mass is 10.2. The SMILES string of the molecule is Cc1ncc([N+](=O)[O-])n1CCCCCO. The van der Waals surface area contributed by atoms with Crippen LogP contribution in [0.15, 0.2) is 6.20 Å². The summed E-state index contributed by atoms with van der Waals surface area (Å²) in [5.74, 6) is 0.696. The van der Waals surface area contributed by atoms with E-state index in [0.29, 0.717) is 12.4 Å². The summed E-state index contributed by atoms with van der Waals surface area (Å²) in [4.78, 5) is 14.1. The number of aryl methyl sites for hydroxylation is 1. The van der Waals surface area contributed by atoms with Gasteiger partial charge >= 0.3 is 5.82 Å². The van der Waals surface area contributed by atoms with Gasteiger partial charge in [-0.25, -0.2) is 9.55 Å². The van der Waals surface area contributed by atoms with E-state index in [9.17, 15) is 10.1 Å². The van der Waals surface area contributed by atoms with Crippen molar-refractivity contribution in [1.82, 2.24) is 9.55 Å². The Bertz CT molecular complexity index is 335. The van der Waals surface area contributed by atoms with Crippen LogP contribution in [0.2, 0.25) is 0 Å². The van der Waals surface area contributed by atoms with Gasteiger partial charge < -0.3 is 15.2 Å². The Morgan fingerprint density at radius 3 is 2.87 bits per heavy atom. The average molecular weight is 213 g/mol. The normalized spacial score (nSPS) is 10.5. The lowest BCUT2D eigenvalue weighted by molar-refractivity contribution is -0.392. The summed E-state index contributed by atoms with van der Waals surface area (Å²) >= 11 is 0. The maximum absolute atomic E-state index is 10.6. The number of nitro groups is 1. The Hall–Kier alpha value is -1.43. The number of aliphatic hydroxyl groups excluding tert-OH is 1. The fourth-order valence-corrected chi connectivity index (χ4v) is 1.44. The highest BCUT2D eigenvalue weighted by atomic mass is 16.6. The second-order valence-electron chi connectivity index (χ2n) is 3.36. The second-order valence-corrected chi connectivity index (χ2v) is 3.36. The maximum atomic E-state index is 10.6. The van der Waals surface area contributed by atoms with Crippen molar-refractivity contribution in [3.63, 3.8) is 0 Å². The topological polar surface area (TPSA) is 81.2 Å². The van der Waals surface area contributed by atoms with E-state index < -0.39 is 4.92 Å². The van der Waals surface area contributed by atoms with Crippen molar-refractivity contribution >= 4 is 5.82 Å². The average Bonchev–Trinajstić information content (AvgIpc) is 2.55. The Balaban J connectivity index is 2.58. The van der Waals surface area contributed by atoms with Crippen molar-refractivity contribution in [2.24, 2.45) is 0 Å². The molecule has 0 amide bonds. The van der Waals surface area contributed by atoms with E-state index in [-0.39, 0.29) is 12.4 Å². The third-order valence-electron chi connectivity index (χ3n) is 2.26. The Kier molecular flexibility index (Phi) is 4.23. The smallest absolute Gasteiger partial charge is 0.342 e. The zero-order valence-corrected chi connectivity index (χ0v) is 8.72. The predicted octanol–water partition coefficient (Wildman–Crippen LogP) is 1.26. The molecule has 1 aromatic rings. The standard InChI is InChI=1S/C9H15N3O3/c1-8-10-7-9(12(14)15)11(8)5-3-2-4-6-13/h7,13H,2-6H2,1H3. The molecule has 1 aromatic heterocycles. The molecule has 0 aliphatic heterocycles. The Morgan fingerprint density at radius 2 is 2.27 bits per heavy atom. The van der Waals surface area contributed by atoms with Crippen LogP contribution in [0.25, 0.3) is 0 Å². The first-order chi connectivity index (χ1) is 7.16. The molecule has 0 saturated carbocycles. The number of hydrogen-bond acceptors (Lipinski definition) is 4. The summed E-state index contributed by atoms with van der Waals surface area (Å²) < 4.78 is 1.59. The van der Waals surface area contributed by atoms with Gasteiger partial charge in [-0.15, -0.1) is 0 Å². The van der Waals surface area contributed by atoms with Crippen molar-refractivity contribution in [2.75, 3.05) is 6.61 Å². The van der Waals surface area contributed by atoms with Crippen LogP contribution in [-0.2, 0) is 6.54 Å². The van der Waals surface area contributed by atoms with Gasteiger partial charge in [0.1, 0.15) is 6.20 Å². The zero-order chi connectivity index (χ0) is 11.3. The molecule has 1 heterocycles. The van der Waals surface area contributed by atoms with E-state index in [1.165, 1.54) is 6.20 Å². The third-order valence-corrected chi connectivity index (χ3v) is 2.26. The summed E-state index contributed by atoms with van der Waals surface area (Å²) in [6.07, 6.45) is 3.70. The van der Waals surface area contributed by atoms with E-state index in [0.717, 1.165) is 19.3 Å². The fourth-order valence-electron chi connectivity index (χ4n) is 1.44. The van der Waals surface area contributed by atoms with Gasteiger partial charge in [0.05, 0.1) is 6.54 Å². The highest BCUT2D eigenvalue weighted by molar-refractivity contribution is 5.18. The van der Waals surface area contributed by atoms with Crippen LogP contribution in [-0.4, -0.2) is 26.2 Å². The monoisotopic (exact) mass is 213 g/mol. The molecule has 0 atom stereocenters. The lowest BCUT2D eigenvalue weighted by Crippen LogP contribution is -2.05. The molecule has 84 valence electrons. The van der Waals surface area contributed by atoms with Crippen molar-refractivity contribution in [3.8, 4) is 0 Å². The highest BCUT2D eigenvalue weighted by Crippen LogP contribution is 2.14. The number of unbranched alkanes of at least 4 members (excludes halogenated alkanes) is 2. The summed E-state index contributed by atoms with van der Waals surface area (Å²) in [6, 6.07) is 0. The zero-order valence-electron chi connectivity index (χ0n) is 8.72. The molecule has 1 rings (SSSR count). The maximum Gasteiger partial charge on any atom is 0.342 e. The van der Waals surface area contributed by atoms with Crippen molar-refractivity contribution < 1.29 is 10.0 Å². The molecule has 0 bridgehead atoms. The molecule has 0 unspecified atom stereocenters. The predicted molar refractivity (Wildman–Crippen MR) is 54.6 cm³/mol. The van der Waals surface area contributed by atoms with Crippen LogP contribution in [0, 0.1) is 17.0 Å². The highest BCUT2D eigenvalue weighted by Gasteiger charge is 2.16. The molecule has 0 aliphatic carbocycles. The number of nitrogens with zero attached hydrogens (tertiary/aromatic N) is 3. The third kappa shape index (κ3) is 3.02. The molecular formula is C9H15N3O3. The Labute approximate surface area is 87.7 Å². The first-order valence-electron chi connectivity index (χ1n) is 4.94. The van der Waals surface area contributed by atoms with Gasteiger partial charge in [-0.2, -0.15) is 0 Å². The first-order valence-corrected chi connectivity index (χ1v) is 4.94. The minimum atomic E-state index is -0.425. The fraction of sp³-hybridized carbons (Fsp3) is 0.667. The van der Waals surface area contributed by atoms with Gasteiger partial charge in [-0.05, 0) is 24.2 Å². The van der Waals surface area contributed by atoms with Gasteiger partial charge in [0.15, 0.2) is 5.82 Å². The van der Waals surface area contributed by atoms with Crippen LogP contribution in [0.5, 0.6) is 0 Å². The Morgan fingerprint density at radius 1 is 1.53 bits per heavy atom. The van der Waals surface area contributed by atoms with Crippen molar-refractivity contribution in [2.45, 2.75) is 32.7 Å². The van der Waals surface area contributed by atoms with E-state index >= 15 is 0 Å².